The molecule has 0 amide bonds. The lowest BCUT2D eigenvalue weighted by molar-refractivity contribution is -0.193. The summed E-state index contributed by atoms with van der Waals surface area (Å²) in [5.41, 5.74) is 3.20. The minimum atomic E-state index is -2.56. The quantitative estimate of drug-likeness (QED) is 0.273. The van der Waals surface area contributed by atoms with Crippen molar-refractivity contribution >= 4 is 40.5 Å². The number of aromatic nitrogens is 4. The average Bonchev–Trinajstić information content (AvgIpc) is 3.05. The van der Waals surface area contributed by atoms with Crippen molar-refractivity contribution in [1.82, 2.24) is 19.5 Å². The molecule has 1 aliphatic carbocycles. The van der Waals surface area contributed by atoms with Crippen LogP contribution in [0.5, 0.6) is 0 Å². The van der Waals surface area contributed by atoms with Crippen molar-refractivity contribution in [1.29, 1.82) is 0 Å². The van der Waals surface area contributed by atoms with Crippen LogP contribution in [0.1, 0.15) is 18.7 Å². The fourth-order valence-electron chi connectivity index (χ4n) is 4.53. The number of carboxylic acids is 2. The summed E-state index contributed by atoms with van der Waals surface area (Å²) in [4.78, 5) is 36.4. The van der Waals surface area contributed by atoms with Crippen molar-refractivity contribution in [2.45, 2.75) is 43.5 Å². The van der Waals surface area contributed by atoms with Crippen LogP contribution in [0.2, 0.25) is 5.28 Å². The lowest BCUT2D eigenvalue weighted by Gasteiger charge is -2.30. The molecule has 1 saturated carbocycles. The van der Waals surface area contributed by atoms with Crippen LogP contribution in [0, 0.1) is 5.41 Å². The van der Waals surface area contributed by atoms with Crippen LogP contribution >= 0.6 is 11.6 Å². The number of fused-ring (bicyclic) bond motifs is 2. The molecule has 178 valence electrons. The van der Waals surface area contributed by atoms with Gasteiger partial charge in [0.05, 0.1) is 24.0 Å². The molecule has 1 aliphatic heterocycles. The highest BCUT2D eigenvalue weighted by Crippen LogP contribution is 2.63. The largest absolute Gasteiger partial charge is 0.479 e. The number of hydrogen-bond donors (Lipinski definition) is 4. The van der Waals surface area contributed by atoms with Crippen molar-refractivity contribution in [2.75, 3.05) is 5.73 Å². The molecule has 3 heterocycles. The fraction of sp³-hybridized carbons (Fsp3) is 0.381. The highest BCUT2D eigenvalue weighted by molar-refractivity contribution is 6.28. The number of imidazole rings is 1. The first-order chi connectivity index (χ1) is 16.1. The zero-order valence-corrected chi connectivity index (χ0v) is 18.5. The first kappa shape index (κ1) is 22.5. The highest BCUT2D eigenvalue weighted by atomic mass is 35.5. The molecule has 1 saturated heterocycles. The van der Waals surface area contributed by atoms with Crippen molar-refractivity contribution in [2.24, 2.45) is 5.41 Å². The van der Waals surface area contributed by atoms with E-state index in [9.17, 15) is 24.9 Å². The maximum atomic E-state index is 12.1. The highest BCUT2D eigenvalue weighted by Gasteiger charge is 2.77. The summed E-state index contributed by atoms with van der Waals surface area (Å²) in [5.74, 6) is -3.23. The third-order valence-electron chi connectivity index (χ3n) is 6.60. The van der Waals surface area contributed by atoms with Crippen LogP contribution in [0.15, 0.2) is 36.7 Å². The number of carboxylic acid groups (broad SMARTS) is 2. The van der Waals surface area contributed by atoms with E-state index >= 15 is 0 Å². The summed E-state index contributed by atoms with van der Waals surface area (Å²) in [6.45, 7) is 1.64. The van der Waals surface area contributed by atoms with Crippen LogP contribution in [0.3, 0.4) is 0 Å². The van der Waals surface area contributed by atoms with Gasteiger partial charge in [-0.1, -0.05) is 37.3 Å². The first-order valence-corrected chi connectivity index (χ1v) is 10.6. The van der Waals surface area contributed by atoms with Crippen molar-refractivity contribution in [3.8, 4) is 0 Å². The van der Waals surface area contributed by atoms with Gasteiger partial charge in [-0.25, -0.2) is 14.6 Å². The molecule has 3 aromatic rings. The number of ether oxygens (including phenoxy) is 2. The molecule has 13 heteroatoms. The molecular weight excluding hydrogens is 470 g/mol. The number of anilines is 1. The number of carbonyl (C=O) groups is 2. The molecule has 2 fully saturated rings. The van der Waals surface area contributed by atoms with E-state index in [0.29, 0.717) is 5.56 Å². The number of aliphatic hydroxyl groups excluding tert-OH is 1. The van der Waals surface area contributed by atoms with E-state index in [4.69, 9.17) is 26.8 Å². The summed E-state index contributed by atoms with van der Waals surface area (Å²) < 4.78 is 13.1. The first-order valence-electron chi connectivity index (χ1n) is 10.3. The van der Waals surface area contributed by atoms with E-state index in [-0.39, 0.29) is 22.3 Å². The molecule has 0 spiro atoms. The standard InChI is InChI=1S/C21H20ClN5O7/c1-20-11(28)16(27-8-24-10-14(23)25-19(22)26-15(10)27)33-12(20)13(20)34-21(17(29)30,18(31)32)7-9-5-3-2-4-6-9/h2-6,8,11-13,16,28H,7H2,1H3,(H,29,30)(H,31,32)(H2,23,25,26)/t11-,12+,13?,16+,20-/m0/s1. The second kappa shape index (κ2) is 7.60. The Hall–Kier alpha value is -3.32. The summed E-state index contributed by atoms with van der Waals surface area (Å²) in [5, 5.41) is 30.7. The smallest absolute Gasteiger partial charge is 0.348 e. The Kier molecular flexibility index (Phi) is 5.02. The van der Waals surface area contributed by atoms with E-state index in [2.05, 4.69) is 15.0 Å². The van der Waals surface area contributed by atoms with E-state index in [1.54, 1.807) is 37.3 Å². The molecule has 5 N–H and O–H groups in total. The van der Waals surface area contributed by atoms with Gasteiger partial charge in [-0.3, -0.25) is 4.57 Å². The molecule has 34 heavy (non-hydrogen) atoms. The molecule has 5 rings (SSSR count). The van der Waals surface area contributed by atoms with Gasteiger partial charge in [-0.05, 0) is 17.2 Å². The number of halogens is 1. The molecule has 0 radical (unpaired) electrons. The van der Waals surface area contributed by atoms with E-state index < -0.39 is 53.9 Å². The third-order valence-corrected chi connectivity index (χ3v) is 6.76. The topological polar surface area (TPSA) is 183 Å². The Bertz CT molecular complexity index is 1290. The van der Waals surface area contributed by atoms with Crippen LogP contribution in [-0.2, 0) is 25.5 Å². The normalized spacial score (nSPS) is 28.1. The predicted octanol–water partition coefficient (Wildman–Crippen LogP) is 0.876. The number of benzene rings is 1. The second-order valence-corrected chi connectivity index (χ2v) is 8.94. The maximum Gasteiger partial charge on any atom is 0.348 e. The third kappa shape index (κ3) is 3.14. The maximum absolute atomic E-state index is 12.1. The summed E-state index contributed by atoms with van der Waals surface area (Å²) >= 11 is 5.90. The van der Waals surface area contributed by atoms with E-state index in [0.717, 1.165) is 0 Å². The Morgan fingerprint density at radius 1 is 1.26 bits per heavy atom. The fourth-order valence-corrected chi connectivity index (χ4v) is 4.70. The molecule has 1 aromatic carbocycles. The molecule has 1 unspecified atom stereocenters. The van der Waals surface area contributed by atoms with Gasteiger partial charge >= 0.3 is 11.9 Å². The average molecular weight is 490 g/mol. The Labute approximate surface area is 196 Å². The number of nitrogens with zero attached hydrogens (tertiary/aromatic N) is 4. The summed E-state index contributed by atoms with van der Waals surface area (Å²) in [6, 6.07) is 8.31. The van der Waals surface area contributed by atoms with Gasteiger partial charge in [0.25, 0.3) is 5.60 Å². The van der Waals surface area contributed by atoms with Gasteiger partial charge in [-0.2, -0.15) is 9.97 Å². The lowest BCUT2D eigenvalue weighted by Crippen LogP contribution is -2.53. The van der Waals surface area contributed by atoms with Crippen LogP contribution in [0.4, 0.5) is 5.82 Å². The van der Waals surface area contributed by atoms with Gasteiger partial charge in [0, 0.05) is 6.42 Å². The number of nitrogens with two attached hydrogens (primary N) is 1. The number of nitrogen functional groups attached to an aromatic ring is 1. The van der Waals surface area contributed by atoms with E-state index in [1.165, 1.54) is 10.9 Å². The van der Waals surface area contributed by atoms with Crippen molar-refractivity contribution < 1.29 is 34.4 Å². The minimum Gasteiger partial charge on any atom is -0.479 e. The van der Waals surface area contributed by atoms with Crippen molar-refractivity contribution in [3.05, 3.63) is 47.5 Å². The molecule has 2 aliphatic rings. The summed E-state index contributed by atoms with van der Waals surface area (Å²) in [6.07, 6.45) is -2.94. The Morgan fingerprint density at radius 3 is 2.53 bits per heavy atom. The zero-order chi connectivity index (χ0) is 24.4. The molecule has 5 atom stereocenters. The monoisotopic (exact) mass is 489 g/mol. The van der Waals surface area contributed by atoms with Gasteiger partial charge in [-0.15, -0.1) is 0 Å². The van der Waals surface area contributed by atoms with Crippen LogP contribution in [-0.4, -0.2) is 70.7 Å². The minimum absolute atomic E-state index is 0.0624. The molecular formula is C21H20ClN5O7. The number of aliphatic hydroxyl groups is 1. The van der Waals surface area contributed by atoms with Gasteiger partial charge in [0.15, 0.2) is 17.7 Å². The van der Waals surface area contributed by atoms with Crippen LogP contribution in [0.25, 0.3) is 11.2 Å². The second-order valence-electron chi connectivity index (χ2n) is 8.60. The van der Waals surface area contributed by atoms with Crippen LogP contribution < -0.4 is 5.73 Å². The van der Waals surface area contributed by atoms with Crippen molar-refractivity contribution in [3.63, 3.8) is 0 Å². The van der Waals surface area contributed by atoms with E-state index in [1.807, 2.05) is 0 Å². The zero-order valence-electron chi connectivity index (χ0n) is 17.7. The summed E-state index contributed by atoms with van der Waals surface area (Å²) in [7, 11) is 0. The Morgan fingerprint density at radius 2 is 1.94 bits per heavy atom. The number of aliphatic carboxylic acids is 2. The predicted molar refractivity (Wildman–Crippen MR) is 116 cm³/mol. The number of rotatable bonds is 7. The lowest BCUT2D eigenvalue weighted by atomic mass is 9.93. The van der Waals surface area contributed by atoms with Gasteiger partial charge in [0.2, 0.25) is 5.28 Å². The molecule has 2 aromatic heterocycles. The number of hydrogen-bond acceptors (Lipinski definition) is 9. The van der Waals surface area contributed by atoms with Gasteiger partial charge < -0.3 is 30.5 Å². The van der Waals surface area contributed by atoms with Gasteiger partial charge in [0.1, 0.15) is 11.6 Å². The molecule has 12 nitrogen and oxygen atoms in total. The Balaban J connectivity index is 1.42. The molecule has 0 bridgehead atoms. The SMILES string of the molecule is C[C@@]12C(OC(Cc3ccccc3)(C(=O)O)C(=O)O)[C@H]1O[C@@H](n1cnc3c(N)nc(Cl)nc31)[C@@H]2O.